The summed E-state index contributed by atoms with van der Waals surface area (Å²) in [4.78, 5) is 17.1. The highest BCUT2D eigenvalue weighted by atomic mass is 16.6. The molecule has 0 saturated carbocycles. The second-order valence-electron chi connectivity index (χ2n) is 14.3. The van der Waals surface area contributed by atoms with Gasteiger partial charge in [0.25, 0.3) is 0 Å². The molecule has 2 bridgehead atoms. The Hall–Kier alpha value is -3.41. The number of hydrogen-bond acceptors (Lipinski definition) is 5. The lowest BCUT2D eigenvalue weighted by Gasteiger charge is -2.54. The van der Waals surface area contributed by atoms with Gasteiger partial charge in [-0.3, -0.25) is 9.69 Å². The van der Waals surface area contributed by atoms with Crippen molar-refractivity contribution in [1.82, 2.24) is 9.80 Å². The number of piperidine rings is 1. The number of carbonyl (C=O) groups is 1. The van der Waals surface area contributed by atoms with E-state index in [9.17, 15) is 9.90 Å². The zero-order valence-electron chi connectivity index (χ0n) is 29.4. The van der Waals surface area contributed by atoms with Crippen molar-refractivity contribution in [1.29, 1.82) is 0 Å². The van der Waals surface area contributed by atoms with Crippen LogP contribution < -0.4 is 0 Å². The molecule has 1 heterocycles. The van der Waals surface area contributed by atoms with Gasteiger partial charge in [0.1, 0.15) is 11.4 Å². The number of nitrogens with zero attached hydrogens (tertiary/aromatic N) is 2. The average Bonchev–Trinajstić information content (AvgIpc) is 3.03. The van der Waals surface area contributed by atoms with Crippen LogP contribution in [-0.4, -0.2) is 60.6 Å². The zero-order chi connectivity index (χ0) is 33.5. The van der Waals surface area contributed by atoms with E-state index in [4.69, 9.17) is 4.74 Å². The first-order valence-corrected chi connectivity index (χ1v) is 17.1. The van der Waals surface area contributed by atoms with Crippen LogP contribution in [0.5, 0.6) is 5.75 Å². The van der Waals surface area contributed by atoms with Gasteiger partial charge in [-0.2, -0.15) is 0 Å². The van der Waals surface area contributed by atoms with Gasteiger partial charge in [-0.1, -0.05) is 106 Å². The van der Waals surface area contributed by atoms with Crippen molar-refractivity contribution < 1.29 is 14.6 Å². The van der Waals surface area contributed by atoms with Crippen molar-refractivity contribution in [2.75, 3.05) is 33.7 Å². The molecule has 3 aromatic carbocycles. The summed E-state index contributed by atoms with van der Waals surface area (Å²) in [6.07, 6.45) is 5.68. The Kier molecular flexibility index (Phi) is 11.9. The van der Waals surface area contributed by atoms with Gasteiger partial charge in [0.2, 0.25) is 0 Å². The maximum atomic E-state index is 12.3. The topological polar surface area (TPSA) is 53.0 Å². The van der Waals surface area contributed by atoms with Crippen molar-refractivity contribution in [2.45, 2.75) is 84.3 Å². The molecule has 248 valence electrons. The summed E-state index contributed by atoms with van der Waals surface area (Å²) in [5.41, 5.74) is 5.96. The minimum Gasteiger partial charge on any atom is -0.508 e. The summed E-state index contributed by atoms with van der Waals surface area (Å²) in [7, 11) is 4.10. The van der Waals surface area contributed by atoms with E-state index in [2.05, 4.69) is 94.9 Å². The number of rotatable bonds is 10. The predicted octanol–water partition coefficient (Wildman–Crippen LogP) is 8.16. The van der Waals surface area contributed by atoms with E-state index in [1.54, 1.807) is 0 Å². The normalized spacial score (nSPS) is 22.5. The number of hydrogen-bond donors (Lipinski definition) is 1. The summed E-state index contributed by atoms with van der Waals surface area (Å²) < 4.78 is 6.17. The zero-order valence-corrected chi connectivity index (χ0v) is 29.4. The monoisotopic (exact) mass is 624 g/mol. The van der Waals surface area contributed by atoms with Crippen molar-refractivity contribution in [2.24, 2.45) is 11.8 Å². The van der Waals surface area contributed by atoms with E-state index < -0.39 is 5.60 Å². The molecule has 1 N–H and O–H groups in total. The van der Waals surface area contributed by atoms with Crippen molar-refractivity contribution in [3.8, 4) is 5.75 Å². The van der Waals surface area contributed by atoms with Gasteiger partial charge in [-0.25, -0.2) is 0 Å². The first kappa shape index (κ1) is 35.4. The first-order valence-electron chi connectivity index (χ1n) is 17.1. The summed E-state index contributed by atoms with van der Waals surface area (Å²) in [5.74, 6) is 1.02. The van der Waals surface area contributed by atoms with E-state index in [0.29, 0.717) is 30.6 Å². The second kappa shape index (κ2) is 15.5. The fourth-order valence-electron chi connectivity index (χ4n) is 7.57. The number of phenolic OH excluding ortho intramolecular Hbond substituents is 1. The minimum atomic E-state index is -0.681. The minimum absolute atomic E-state index is 0.139. The highest BCUT2D eigenvalue weighted by Crippen LogP contribution is 2.49. The maximum absolute atomic E-state index is 12.3. The van der Waals surface area contributed by atoms with Crippen LogP contribution in [-0.2, 0) is 33.4 Å². The quantitative estimate of drug-likeness (QED) is 0.182. The van der Waals surface area contributed by atoms with Crippen molar-refractivity contribution in [3.63, 3.8) is 0 Å². The third-order valence-corrected chi connectivity index (χ3v) is 10.4. The molecule has 2 aliphatic rings. The molecule has 1 aliphatic heterocycles. The molecule has 5 heteroatoms. The highest BCUT2D eigenvalue weighted by Gasteiger charge is 2.48. The smallest absolute Gasteiger partial charge is 0.306 e. The Labute approximate surface area is 278 Å². The van der Waals surface area contributed by atoms with Gasteiger partial charge in [0.05, 0.1) is 0 Å². The number of esters is 1. The van der Waals surface area contributed by atoms with Crippen LogP contribution >= 0.6 is 0 Å². The number of ether oxygens (including phenoxy) is 1. The predicted molar refractivity (Wildman–Crippen MR) is 190 cm³/mol. The van der Waals surface area contributed by atoms with Gasteiger partial charge in [-0.05, 0) is 93.0 Å². The Morgan fingerprint density at radius 3 is 2.35 bits per heavy atom. The van der Waals surface area contributed by atoms with Crippen LogP contribution in [0.2, 0.25) is 0 Å². The molecule has 5 rings (SSSR count). The molecule has 1 saturated heterocycles. The molecule has 0 aromatic heterocycles. The average molecular weight is 625 g/mol. The molecule has 0 unspecified atom stereocenters. The van der Waals surface area contributed by atoms with Crippen LogP contribution in [0.4, 0.5) is 0 Å². The van der Waals surface area contributed by atoms with E-state index >= 15 is 0 Å². The molecule has 3 aromatic rings. The van der Waals surface area contributed by atoms with Gasteiger partial charge in [0, 0.05) is 37.9 Å². The van der Waals surface area contributed by atoms with Gasteiger partial charge in [0.15, 0.2) is 0 Å². The molecule has 1 fully saturated rings. The molecule has 0 spiro atoms. The fraction of sp³-hybridized carbons (Fsp3) is 0.488. The number of fused-ring (bicyclic) bond motifs is 4. The summed E-state index contributed by atoms with van der Waals surface area (Å²) in [6.45, 7) is 16.2. The maximum Gasteiger partial charge on any atom is 0.306 e. The highest BCUT2D eigenvalue weighted by molar-refractivity contribution is 5.70. The Morgan fingerprint density at radius 2 is 1.74 bits per heavy atom. The van der Waals surface area contributed by atoms with E-state index in [1.165, 1.54) is 28.7 Å². The molecule has 46 heavy (non-hydrogen) atoms. The molecule has 0 amide bonds. The van der Waals surface area contributed by atoms with Crippen LogP contribution in [0.25, 0.3) is 0 Å². The van der Waals surface area contributed by atoms with Gasteiger partial charge < -0.3 is 14.7 Å². The van der Waals surface area contributed by atoms with Gasteiger partial charge >= 0.3 is 5.97 Å². The first-order chi connectivity index (χ1) is 21.9. The van der Waals surface area contributed by atoms with Crippen LogP contribution in [0.3, 0.4) is 0 Å². The Morgan fingerprint density at radius 1 is 1.09 bits per heavy atom. The van der Waals surface area contributed by atoms with E-state index in [0.717, 1.165) is 31.6 Å². The summed E-state index contributed by atoms with van der Waals surface area (Å²) in [6, 6.07) is 27.0. The summed E-state index contributed by atoms with van der Waals surface area (Å²) in [5, 5.41) is 9.87. The largest absolute Gasteiger partial charge is 0.508 e. The van der Waals surface area contributed by atoms with Crippen LogP contribution in [0, 0.1) is 11.8 Å². The standard InChI is InChI=1S/C22H29NO2.C19H27NO/c1-5-21(24)25-22(18(2)17-23(3)4,20-14-10-7-11-15-20)16-19-12-8-6-9-13-19;1-13(2)7-9-20-10-8-19(4)14(3)18(20)11-15-5-6-16(21)12-17(15)19/h6-15,18H,5,16-17H2,1-4H3;5-7,12,14,18,21H,8-11H2,1-4H3/t18-,22+;14-,18+,19+/m10/s1. The van der Waals surface area contributed by atoms with Crippen molar-refractivity contribution in [3.05, 3.63) is 113 Å². The second-order valence-corrected chi connectivity index (χ2v) is 14.3. The van der Waals surface area contributed by atoms with Gasteiger partial charge in [-0.15, -0.1) is 0 Å². The van der Waals surface area contributed by atoms with Crippen LogP contribution in [0.1, 0.15) is 76.6 Å². The number of phenols is 1. The number of allylic oxidation sites excluding steroid dienone is 1. The Balaban J connectivity index is 0.000000211. The third kappa shape index (κ3) is 8.11. The summed E-state index contributed by atoms with van der Waals surface area (Å²) >= 11 is 0. The third-order valence-electron chi connectivity index (χ3n) is 10.4. The van der Waals surface area contributed by atoms with Crippen molar-refractivity contribution >= 4 is 5.97 Å². The lowest BCUT2D eigenvalue weighted by Crippen LogP contribution is -2.57. The molecule has 5 nitrogen and oxygen atoms in total. The lowest BCUT2D eigenvalue weighted by atomic mass is 9.59. The molecule has 1 aliphatic carbocycles. The number of benzene rings is 3. The van der Waals surface area contributed by atoms with E-state index in [1.807, 2.05) is 55.5 Å². The molecule has 5 atom stereocenters. The Bertz CT molecular complexity index is 1450. The number of carbonyl (C=O) groups excluding carboxylic acids is 1. The van der Waals surface area contributed by atoms with Crippen LogP contribution in [0.15, 0.2) is 90.5 Å². The van der Waals surface area contributed by atoms with E-state index in [-0.39, 0.29) is 17.3 Å². The SMILES string of the molecule is CC(C)=CCN1CC[C@@]2(C)c3cc(O)ccc3C[C@@H]1[C@@H]2C.CCC(=O)O[C@](Cc1ccccc1)(c1ccccc1)[C@H](C)CN(C)C. The molecular weight excluding hydrogens is 568 g/mol. The number of likely N-dealkylation sites (tertiary alicyclic amines) is 1. The molecular formula is C41H56N2O3. The fourth-order valence-corrected chi connectivity index (χ4v) is 7.57. The molecule has 0 radical (unpaired) electrons. The lowest BCUT2D eigenvalue weighted by molar-refractivity contribution is -0.168. The number of aromatic hydroxyl groups is 1.